The van der Waals surface area contributed by atoms with Gasteiger partial charge in [0.2, 0.25) is 0 Å². The van der Waals surface area contributed by atoms with E-state index in [9.17, 15) is 18.0 Å². The van der Waals surface area contributed by atoms with Crippen LogP contribution in [-0.4, -0.2) is 52.5 Å². The van der Waals surface area contributed by atoms with E-state index in [0.29, 0.717) is 19.4 Å². The molecule has 1 atom stereocenters. The van der Waals surface area contributed by atoms with Crippen LogP contribution < -0.4 is 10.6 Å². The Morgan fingerprint density at radius 2 is 1.43 bits per heavy atom. The number of amides is 1. The van der Waals surface area contributed by atoms with Crippen molar-refractivity contribution in [3.05, 3.63) is 71.8 Å². The number of unbranched alkanes of at least 4 members (excludes halogenated alkanes) is 2. The molecule has 0 aromatic heterocycles. The highest BCUT2D eigenvalue weighted by Crippen LogP contribution is 2.08. The van der Waals surface area contributed by atoms with Crippen LogP contribution in [0.3, 0.4) is 0 Å². The van der Waals surface area contributed by atoms with Crippen molar-refractivity contribution in [3.8, 4) is 0 Å². The summed E-state index contributed by atoms with van der Waals surface area (Å²) in [4.78, 5) is 24.4. The molecule has 0 aliphatic carbocycles. The maximum atomic E-state index is 12.6. The summed E-state index contributed by atoms with van der Waals surface area (Å²) >= 11 is 0. The van der Waals surface area contributed by atoms with Gasteiger partial charge in [0.1, 0.15) is 19.3 Å². The van der Waals surface area contributed by atoms with Crippen molar-refractivity contribution >= 4 is 22.2 Å². The molecule has 0 aliphatic rings. The Morgan fingerprint density at radius 3 is 2.03 bits per heavy atom. The zero-order valence-corrected chi connectivity index (χ0v) is 20.8. The van der Waals surface area contributed by atoms with Crippen LogP contribution in [0.5, 0.6) is 0 Å². The Labute approximate surface area is 207 Å². The van der Waals surface area contributed by atoms with Crippen LogP contribution in [0.2, 0.25) is 0 Å². The molecular weight excluding hydrogens is 472 g/mol. The fourth-order valence-electron chi connectivity index (χ4n) is 3.17. The highest BCUT2D eigenvalue weighted by atomic mass is 32.2. The van der Waals surface area contributed by atoms with Crippen molar-refractivity contribution < 1.29 is 31.7 Å². The molecule has 2 rings (SSSR count). The number of ether oxygens (including phenoxy) is 2. The second-order valence-electron chi connectivity index (χ2n) is 7.96. The normalized spacial score (nSPS) is 12.0. The third-order valence-electron chi connectivity index (χ3n) is 4.95. The molecule has 0 saturated heterocycles. The Bertz CT molecular complexity index is 985. The van der Waals surface area contributed by atoms with Crippen molar-refractivity contribution in [2.24, 2.45) is 0 Å². The number of hydrogen-bond donors (Lipinski definition) is 2. The lowest BCUT2D eigenvalue weighted by Gasteiger charge is -2.18. The Hall–Kier alpha value is -2.95. The number of carbonyl (C=O) groups is 2. The lowest BCUT2D eigenvalue weighted by Crippen LogP contribution is -2.40. The summed E-state index contributed by atoms with van der Waals surface area (Å²) in [5.41, 5.74) is 1.80. The molecule has 0 saturated carbocycles. The lowest BCUT2D eigenvalue weighted by molar-refractivity contribution is -0.147. The molecular formula is C25H34N2O7S. The van der Waals surface area contributed by atoms with Gasteiger partial charge >= 0.3 is 12.1 Å². The molecule has 0 radical (unpaired) electrons. The molecule has 0 heterocycles. The Morgan fingerprint density at radius 1 is 0.829 bits per heavy atom. The van der Waals surface area contributed by atoms with Gasteiger partial charge in [-0.25, -0.2) is 4.79 Å². The quantitative estimate of drug-likeness (QED) is 0.202. The van der Waals surface area contributed by atoms with Gasteiger partial charge in [-0.1, -0.05) is 73.5 Å². The molecule has 2 aromatic rings. The predicted octanol–water partition coefficient (Wildman–Crippen LogP) is 3.15. The summed E-state index contributed by atoms with van der Waals surface area (Å²) in [6, 6.07) is 18.2. The van der Waals surface area contributed by atoms with Crippen LogP contribution in [0, 0.1) is 0 Å². The third-order valence-corrected chi connectivity index (χ3v) is 5.55. The van der Waals surface area contributed by atoms with Crippen molar-refractivity contribution in [3.63, 3.8) is 0 Å². The first kappa shape index (κ1) is 28.3. The molecule has 192 valence electrons. The first-order chi connectivity index (χ1) is 16.8. The van der Waals surface area contributed by atoms with Crippen LogP contribution in [0.1, 0.15) is 36.8 Å². The second kappa shape index (κ2) is 15.9. The standard InChI is InChI=1S/C25H34N2O7S/c1-35(30,31)34-18-17-26-23(24(28)32-19-21-11-5-2-6-12-21)15-9-4-10-16-27-25(29)33-20-22-13-7-3-8-14-22/h2-3,5-8,11-14,23,26H,4,9-10,15-20H2,1H3,(H,27,29). The zero-order chi connectivity index (χ0) is 25.4. The van der Waals surface area contributed by atoms with E-state index >= 15 is 0 Å². The highest BCUT2D eigenvalue weighted by Gasteiger charge is 2.19. The lowest BCUT2D eigenvalue weighted by atomic mass is 10.1. The highest BCUT2D eigenvalue weighted by molar-refractivity contribution is 7.85. The number of benzene rings is 2. The van der Waals surface area contributed by atoms with Crippen molar-refractivity contribution in [2.45, 2.75) is 44.9 Å². The van der Waals surface area contributed by atoms with Crippen LogP contribution in [0.15, 0.2) is 60.7 Å². The molecule has 10 heteroatoms. The fourth-order valence-corrected chi connectivity index (χ4v) is 3.56. The molecule has 0 spiro atoms. The van der Waals surface area contributed by atoms with Gasteiger partial charge in [-0.05, 0) is 24.0 Å². The average molecular weight is 507 g/mol. The van der Waals surface area contributed by atoms with Gasteiger partial charge < -0.3 is 20.1 Å². The minimum Gasteiger partial charge on any atom is -0.460 e. The first-order valence-electron chi connectivity index (χ1n) is 11.6. The average Bonchev–Trinajstić information content (AvgIpc) is 2.85. The van der Waals surface area contributed by atoms with E-state index in [4.69, 9.17) is 13.7 Å². The van der Waals surface area contributed by atoms with Crippen LogP contribution in [0.25, 0.3) is 0 Å². The predicted molar refractivity (Wildman–Crippen MR) is 132 cm³/mol. The van der Waals surface area contributed by atoms with E-state index in [0.717, 1.165) is 30.2 Å². The molecule has 0 fully saturated rings. The third kappa shape index (κ3) is 13.5. The SMILES string of the molecule is CS(=O)(=O)OCCNC(CCCCCNC(=O)OCc1ccccc1)C(=O)OCc1ccccc1. The van der Waals surface area contributed by atoms with Gasteiger partial charge in [-0.2, -0.15) is 8.42 Å². The minimum atomic E-state index is -3.54. The second-order valence-corrected chi connectivity index (χ2v) is 9.61. The Balaban J connectivity index is 1.67. The summed E-state index contributed by atoms with van der Waals surface area (Å²) in [7, 11) is -3.54. The summed E-state index contributed by atoms with van der Waals surface area (Å²) in [5, 5.41) is 5.73. The van der Waals surface area contributed by atoms with E-state index in [-0.39, 0.29) is 26.4 Å². The van der Waals surface area contributed by atoms with E-state index in [1.807, 2.05) is 60.7 Å². The summed E-state index contributed by atoms with van der Waals surface area (Å²) < 4.78 is 37.6. The molecule has 35 heavy (non-hydrogen) atoms. The first-order valence-corrected chi connectivity index (χ1v) is 13.4. The van der Waals surface area contributed by atoms with Crippen LogP contribution in [-0.2, 0) is 41.8 Å². The maximum Gasteiger partial charge on any atom is 0.407 e. The molecule has 0 aliphatic heterocycles. The van der Waals surface area contributed by atoms with E-state index in [1.165, 1.54) is 0 Å². The van der Waals surface area contributed by atoms with Gasteiger partial charge in [-0.3, -0.25) is 8.98 Å². The largest absolute Gasteiger partial charge is 0.460 e. The number of esters is 1. The van der Waals surface area contributed by atoms with Gasteiger partial charge in [0, 0.05) is 13.1 Å². The fraction of sp³-hybridized carbons (Fsp3) is 0.440. The minimum absolute atomic E-state index is 0.0731. The van der Waals surface area contributed by atoms with Gasteiger partial charge in [0.05, 0.1) is 12.9 Å². The Kier molecular flexibility index (Phi) is 12.8. The molecule has 1 unspecified atom stereocenters. The summed E-state index contributed by atoms with van der Waals surface area (Å²) in [6.07, 6.45) is 3.23. The van der Waals surface area contributed by atoms with Crippen LogP contribution in [0.4, 0.5) is 4.79 Å². The van der Waals surface area contributed by atoms with Gasteiger partial charge in [0.25, 0.3) is 10.1 Å². The molecule has 2 N–H and O–H groups in total. The number of alkyl carbamates (subject to hydrolysis) is 1. The summed E-state index contributed by atoms with van der Waals surface area (Å²) in [6.45, 7) is 0.955. The van der Waals surface area contributed by atoms with E-state index < -0.39 is 28.2 Å². The molecule has 2 aromatic carbocycles. The van der Waals surface area contributed by atoms with Crippen molar-refractivity contribution in [1.82, 2.24) is 10.6 Å². The maximum absolute atomic E-state index is 12.6. The monoisotopic (exact) mass is 506 g/mol. The van der Waals surface area contributed by atoms with Crippen molar-refractivity contribution in [2.75, 3.05) is 26.0 Å². The van der Waals surface area contributed by atoms with Gasteiger partial charge in [0.15, 0.2) is 0 Å². The van der Waals surface area contributed by atoms with E-state index in [1.54, 1.807) is 0 Å². The van der Waals surface area contributed by atoms with E-state index in [2.05, 4.69) is 10.6 Å². The molecule has 9 nitrogen and oxygen atoms in total. The van der Waals surface area contributed by atoms with Gasteiger partial charge in [-0.15, -0.1) is 0 Å². The number of nitrogens with one attached hydrogen (secondary N) is 2. The number of rotatable bonds is 16. The summed E-state index contributed by atoms with van der Waals surface area (Å²) in [5.74, 6) is -0.407. The number of hydrogen-bond acceptors (Lipinski definition) is 8. The number of carbonyl (C=O) groups excluding carboxylic acids is 2. The molecule has 0 bridgehead atoms. The van der Waals surface area contributed by atoms with Crippen LogP contribution >= 0.6 is 0 Å². The smallest absolute Gasteiger partial charge is 0.407 e. The molecule has 1 amide bonds. The topological polar surface area (TPSA) is 120 Å². The van der Waals surface area contributed by atoms with Crippen molar-refractivity contribution in [1.29, 1.82) is 0 Å². The zero-order valence-electron chi connectivity index (χ0n) is 20.0.